The summed E-state index contributed by atoms with van der Waals surface area (Å²) >= 11 is 0. The minimum absolute atomic E-state index is 0.0531. The number of benzene rings is 1. The highest BCUT2D eigenvalue weighted by molar-refractivity contribution is 7.92. The third-order valence-electron chi connectivity index (χ3n) is 2.77. The molecule has 1 amide bonds. The molecule has 7 nitrogen and oxygen atoms in total. The van der Waals surface area contributed by atoms with Gasteiger partial charge in [0.05, 0.1) is 23.9 Å². The molecule has 22 heavy (non-hydrogen) atoms. The van der Waals surface area contributed by atoms with Crippen LogP contribution in [0, 0.1) is 5.82 Å². The van der Waals surface area contributed by atoms with Gasteiger partial charge in [0.1, 0.15) is 5.82 Å². The van der Waals surface area contributed by atoms with E-state index in [0.29, 0.717) is 0 Å². The Kier molecular flexibility index (Phi) is 5.86. The number of aliphatic carboxylic acids is 1. The third kappa shape index (κ3) is 5.32. The number of hydrogen-bond acceptors (Lipinski definition) is 4. The van der Waals surface area contributed by atoms with Crippen molar-refractivity contribution >= 4 is 27.6 Å². The Morgan fingerprint density at radius 2 is 2.00 bits per heavy atom. The van der Waals surface area contributed by atoms with Crippen LogP contribution in [0.15, 0.2) is 18.2 Å². The molecule has 1 aromatic carbocycles. The second-order valence-corrected chi connectivity index (χ2v) is 6.34. The fourth-order valence-electron chi connectivity index (χ4n) is 1.79. The van der Waals surface area contributed by atoms with E-state index in [1.54, 1.807) is 6.92 Å². The van der Waals surface area contributed by atoms with Gasteiger partial charge in [0, 0.05) is 13.1 Å². The van der Waals surface area contributed by atoms with E-state index in [2.05, 4.69) is 4.72 Å². The van der Waals surface area contributed by atoms with Crippen LogP contribution in [0.3, 0.4) is 0 Å². The summed E-state index contributed by atoms with van der Waals surface area (Å²) < 4.78 is 38.1. The smallest absolute Gasteiger partial charge is 0.305 e. The van der Waals surface area contributed by atoms with Crippen molar-refractivity contribution < 1.29 is 27.5 Å². The molecule has 0 saturated carbocycles. The molecule has 0 aromatic heterocycles. The molecule has 0 bridgehead atoms. The Hall–Kier alpha value is -2.16. The monoisotopic (exact) mass is 332 g/mol. The van der Waals surface area contributed by atoms with E-state index in [-0.39, 0.29) is 30.8 Å². The fraction of sp³-hybridized carbons (Fsp3) is 0.385. The number of sulfonamides is 1. The van der Waals surface area contributed by atoms with Gasteiger partial charge in [-0.3, -0.25) is 14.3 Å². The molecule has 0 aliphatic heterocycles. The molecule has 1 rings (SSSR count). The second-order valence-electron chi connectivity index (χ2n) is 4.59. The number of carboxylic acids is 1. The number of halogens is 1. The van der Waals surface area contributed by atoms with Gasteiger partial charge in [0.2, 0.25) is 10.0 Å². The van der Waals surface area contributed by atoms with E-state index in [9.17, 15) is 22.4 Å². The van der Waals surface area contributed by atoms with Crippen molar-refractivity contribution in [3.63, 3.8) is 0 Å². The number of amides is 1. The molecule has 1 aromatic rings. The molecule has 2 N–H and O–H groups in total. The molecule has 0 spiro atoms. The van der Waals surface area contributed by atoms with Gasteiger partial charge in [-0.25, -0.2) is 12.8 Å². The van der Waals surface area contributed by atoms with E-state index in [1.165, 1.54) is 4.90 Å². The van der Waals surface area contributed by atoms with Gasteiger partial charge in [-0.1, -0.05) is 0 Å². The number of carbonyl (C=O) groups excluding carboxylic acids is 1. The molecule has 0 unspecified atom stereocenters. The predicted octanol–water partition coefficient (Wildman–Crippen LogP) is 1.13. The Bertz CT molecular complexity index is 675. The Morgan fingerprint density at radius 1 is 1.36 bits per heavy atom. The summed E-state index contributed by atoms with van der Waals surface area (Å²) in [7, 11) is -3.64. The van der Waals surface area contributed by atoms with Gasteiger partial charge in [-0.2, -0.15) is 0 Å². The first-order valence-corrected chi connectivity index (χ1v) is 8.31. The maximum Gasteiger partial charge on any atom is 0.305 e. The lowest BCUT2D eigenvalue weighted by molar-refractivity contribution is -0.137. The molecule has 0 heterocycles. The topological polar surface area (TPSA) is 104 Å². The minimum atomic E-state index is -3.64. The molecule has 9 heteroatoms. The summed E-state index contributed by atoms with van der Waals surface area (Å²) in [6, 6.07) is 3.09. The maximum atomic E-state index is 13.4. The zero-order valence-electron chi connectivity index (χ0n) is 12.2. The fourth-order valence-corrected chi connectivity index (χ4v) is 2.36. The number of nitrogens with one attached hydrogen (secondary N) is 1. The first kappa shape index (κ1) is 17.9. The van der Waals surface area contributed by atoms with Gasteiger partial charge in [0.25, 0.3) is 5.91 Å². The van der Waals surface area contributed by atoms with E-state index in [1.807, 2.05) is 0 Å². The Morgan fingerprint density at radius 3 is 2.50 bits per heavy atom. The number of anilines is 1. The van der Waals surface area contributed by atoms with Crippen LogP contribution in [0.1, 0.15) is 23.7 Å². The van der Waals surface area contributed by atoms with Gasteiger partial charge < -0.3 is 10.0 Å². The average molecular weight is 332 g/mol. The standard InChI is InChI=1S/C13H17FN2O5S/c1-3-16(7-6-12(17)18)13(19)10-8-9(14)4-5-11(10)15-22(2,20)21/h4-5,8,15H,3,6-7H2,1-2H3,(H,17,18). The summed E-state index contributed by atoms with van der Waals surface area (Å²) in [5.41, 5.74) is -0.222. The lowest BCUT2D eigenvalue weighted by atomic mass is 10.1. The van der Waals surface area contributed by atoms with Crippen molar-refractivity contribution in [2.75, 3.05) is 24.1 Å². The molecular weight excluding hydrogens is 315 g/mol. The van der Waals surface area contributed by atoms with Crippen LogP contribution in [0.4, 0.5) is 10.1 Å². The average Bonchev–Trinajstić information content (AvgIpc) is 2.39. The number of carbonyl (C=O) groups is 2. The van der Waals surface area contributed by atoms with E-state index >= 15 is 0 Å². The molecule has 0 aliphatic rings. The van der Waals surface area contributed by atoms with Crippen molar-refractivity contribution in [2.24, 2.45) is 0 Å². The normalized spacial score (nSPS) is 11.0. The SMILES string of the molecule is CCN(CCC(=O)O)C(=O)c1cc(F)ccc1NS(C)(=O)=O. The summed E-state index contributed by atoms with van der Waals surface area (Å²) in [6.07, 6.45) is 0.649. The first-order valence-electron chi connectivity index (χ1n) is 6.42. The van der Waals surface area contributed by atoms with Crippen LogP contribution in [0.25, 0.3) is 0 Å². The summed E-state index contributed by atoms with van der Waals surface area (Å²) in [6.45, 7) is 1.79. The highest BCUT2D eigenvalue weighted by Gasteiger charge is 2.20. The minimum Gasteiger partial charge on any atom is -0.481 e. The molecule has 0 aliphatic carbocycles. The number of rotatable bonds is 7. The van der Waals surface area contributed by atoms with Crippen molar-refractivity contribution in [1.82, 2.24) is 4.90 Å². The van der Waals surface area contributed by atoms with Gasteiger partial charge in [0.15, 0.2) is 0 Å². The number of hydrogen-bond donors (Lipinski definition) is 2. The Balaban J connectivity index is 3.13. The van der Waals surface area contributed by atoms with Crippen LogP contribution in [0.5, 0.6) is 0 Å². The number of carboxylic acid groups (broad SMARTS) is 1. The first-order chi connectivity index (χ1) is 10.1. The lowest BCUT2D eigenvalue weighted by Crippen LogP contribution is -2.33. The van der Waals surface area contributed by atoms with Gasteiger partial charge in [-0.15, -0.1) is 0 Å². The van der Waals surface area contributed by atoms with Crippen molar-refractivity contribution in [2.45, 2.75) is 13.3 Å². The predicted molar refractivity (Wildman–Crippen MR) is 78.7 cm³/mol. The highest BCUT2D eigenvalue weighted by atomic mass is 32.2. The van der Waals surface area contributed by atoms with E-state index in [0.717, 1.165) is 24.5 Å². The maximum absolute atomic E-state index is 13.4. The lowest BCUT2D eigenvalue weighted by Gasteiger charge is -2.21. The summed E-state index contributed by atoms with van der Waals surface area (Å²) in [5, 5.41) is 8.67. The van der Waals surface area contributed by atoms with Crippen LogP contribution >= 0.6 is 0 Å². The van der Waals surface area contributed by atoms with Crippen LogP contribution < -0.4 is 4.72 Å². The third-order valence-corrected chi connectivity index (χ3v) is 3.36. The molecule has 0 atom stereocenters. The second kappa shape index (κ2) is 7.21. The van der Waals surface area contributed by atoms with Crippen molar-refractivity contribution in [1.29, 1.82) is 0 Å². The Labute approximate surface area is 127 Å². The van der Waals surface area contributed by atoms with Crippen LogP contribution in [-0.2, 0) is 14.8 Å². The van der Waals surface area contributed by atoms with E-state index < -0.39 is 27.7 Å². The zero-order chi connectivity index (χ0) is 16.9. The summed E-state index contributed by atoms with van der Waals surface area (Å²) in [4.78, 5) is 24.2. The molecule has 122 valence electrons. The van der Waals surface area contributed by atoms with Crippen LogP contribution in [0.2, 0.25) is 0 Å². The molecule has 0 saturated heterocycles. The van der Waals surface area contributed by atoms with Crippen LogP contribution in [-0.4, -0.2) is 49.6 Å². The largest absolute Gasteiger partial charge is 0.481 e. The van der Waals surface area contributed by atoms with Gasteiger partial charge in [-0.05, 0) is 25.1 Å². The molecule has 0 fully saturated rings. The van der Waals surface area contributed by atoms with Gasteiger partial charge >= 0.3 is 5.97 Å². The molecule has 0 radical (unpaired) electrons. The van der Waals surface area contributed by atoms with E-state index in [4.69, 9.17) is 5.11 Å². The van der Waals surface area contributed by atoms with Crippen molar-refractivity contribution in [3.8, 4) is 0 Å². The zero-order valence-corrected chi connectivity index (χ0v) is 13.0. The van der Waals surface area contributed by atoms with Crippen molar-refractivity contribution in [3.05, 3.63) is 29.6 Å². The summed E-state index contributed by atoms with van der Waals surface area (Å²) in [5.74, 6) is -2.41. The highest BCUT2D eigenvalue weighted by Crippen LogP contribution is 2.20. The quantitative estimate of drug-likeness (QED) is 0.779. The number of nitrogens with zero attached hydrogens (tertiary/aromatic N) is 1. The molecular formula is C13H17FN2O5S.